The van der Waals surface area contributed by atoms with E-state index in [0.29, 0.717) is 29.1 Å². The highest BCUT2D eigenvalue weighted by Crippen LogP contribution is 2.30. The van der Waals surface area contributed by atoms with Crippen molar-refractivity contribution in [3.8, 4) is 5.75 Å². The lowest BCUT2D eigenvalue weighted by atomic mass is 9.98. The van der Waals surface area contributed by atoms with Crippen molar-refractivity contribution in [2.75, 3.05) is 30.4 Å². The first-order valence-corrected chi connectivity index (χ1v) is 12.8. The van der Waals surface area contributed by atoms with E-state index in [-0.39, 0.29) is 11.8 Å². The van der Waals surface area contributed by atoms with E-state index < -0.39 is 0 Å². The van der Waals surface area contributed by atoms with Crippen LogP contribution in [0.2, 0.25) is 0 Å². The lowest BCUT2D eigenvalue weighted by molar-refractivity contribution is 0.0953. The lowest BCUT2D eigenvalue weighted by Gasteiger charge is -2.32. The van der Waals surface area contributed by atoms with Gasteiger partial charge in [-0.2, -0.15) is 0 Å². The van der Waals surface area contributed by atoms with Crippen LogP contribution >= 0.6 is 0 Å². The number of hydrogen-bond acceptors (Lipinski definition) is 4. The van der Waals surface area contributed by atoms with Crippen molar-refractivity contribution in [2.24, 2.45) is 0 Å². The zero-order valence-corrected chi connectivity index (χ0v) is 21.4. The first-order chi connectivity index (χ1) is 18.6. The third-order valence-corrected chi connectivity index (χ3v) is 6.86. The molecule has 1 aliphatic heterocycles. The molecule has 6 nitrogen and oxygen atoms in total. The van der Waals surface area contributed by atoms with Crippen molar-refractivity contribution in [1.29, 1.82) is 0 Å². The Morgan fingerprint density at radius 2 is 1.55 bits per heavy atom. The lowest BCUT2D eigenvalue weighted by Crippen LogP contribution is -2.33. The Morgan fingerprint density at radius 1 is 0.816 bits per heavy atom. The van der Waals surface area contributed by atoms with Gasteiger partial charge >= 0.3 is 0 Å². The number of hydrogen-bond donors (Lipinski definition) is 2. The maximum Gasteiger partial charge on any atom is 0.259 e. The van der Waals surface area contributed by atoms with Crippen LogP contribution in [0.3, 0.4) is 0 Å². The van der Waals surface area contributed by atoms with Crippen LogP contribution in [-0.4, -0.2) is 32.0 Å². The van der Waals surface area contributed by atoms with Crippen LogP contribution in [0.5, 0.6) is 5.75 Å². The summed E-state index contributed by atoms with van der Waals surface area (Å²) in [6, 6.07) is 31.1. The Kier molecular flexibility index (Phi) is 7.69. The molecule has 0 unspecified atom stereocenters. The SMILES string of the molecule is COc1ccccc1C(=O)Nc1ccc(N2CCc3ccccc3C2)c(C(=O)NCCc2ccccc2)c1. The molecule has 1 aliphatic rings. The second-order valence-corrected chi connectivity index (χ2v) is 9.32. The number of nitrogens with zero attached hydrogens (tertiary/aromatic N) is 1. The molecule has 0 saturated heterocycles. The standard InChI is InChI=1S/C32H31N3O3/c1-38-30-14-8-7-13-27(30)32(37)34-26-15-16-29(35-20-18-24-11-5-6-12-25(24)22-35)28(21-26)31(36)33-19-17-23-9-3-2-4-10-23/h2-16,21H,17-20,22H2,1H3,(H,33,36)(H,34,37). The Balaban J connectivity index is 1.39. The summed E-state index contributed by atoms with van der Waals surface area (Å²) in [7, 11) is 1.54. The Hall–Kier alpha value is -4.58. The van der Waals surface area contributed by atoms with Crippen LogP contribution in [0, 0.1) is 0 Å². The first-order valence-electron chi connectivity index (χ1n) is 12.8. The topological polar surface area (TPSA) is 70.7 Å². The van der Waals surface area contributed by atoms with Gasteiger partial charge in [-0.1, -0.05) is 66.7 Å². The van der Waals surface area contributed by atoms with Crippen LogP contribution in [0.4, 0.5) is 11.4 Å². The second-order valence-electron chi connectivity index (χ2n) is 9.32. The van der Waals surface area contributed by atoms with E-state index in [1.54, 1.807) is 24.3 Å². The summed E-state index contributed by atoms with van der Waals surface area (Å²) < 4.78 is 5.34. The Bertz CT molecular complexity index is 1440. The van der Waals surface area contributed by atoms with E-state index in [9.17, 15) is 9.59 Å². The number of benzene rings is 4. The van der Waals surface area contributed by atoms with E-state index in [4.69, 9.17) is 4.74 Å². The zero-order chi connectivity index (χ0) is 26.3. The predicted octanol–water partition coefficient (Wildman–Crippen LogP) is 5.48. The number of carbonyl (C=O) groups is 2. The molecule has 2 N–H and O–H groups in total. The first kappa shape index (κ1) is 25.1. The van der Waals surface area contributed by atoms with Gasteiger partial charge in [0.1, 0.15) is 5.75 Å². The molecule has 38 heavy (non-hydrogen) atoms. The number of ether oxygens (including phenoxy) is 1. The highest BCUT2D eigenvalue weighted by molar-refractivity contribution is 6.07. The van der Waals surface area contributed by atoms with E-state index in [2.05, 4.69) is 51.9 Å². The summed E-state index contributed by atoms with van der Waals surface area (Å²) in [5.41, 5.74) is 6.15. The smallest absolute Gasteiger partial charge is 0.259 e. The summed E-state index contributed by atoms with van der Waals surface area (Å²) in [6.45, 7) is 2.06. The molecule has 0 bridgehead atoms. The van der Waals surface area contributed by atoms with Gasteiger partial charge in [-0.3, -0.25) is 9.59 Å². The van der Waals surface area contributed by atoms with Crippen molar-refractivity contribution < 1.29 is 14.3 Å². The number of anilines is 2. The van der Waals surface area contributed by atoms with Gasteiger partial charge in [0, 0.05) is 31.0 Å². The van der Waals surface area contributed by atoms with Crippen molar-refractivity contribution in [3.63, 3.8) is 0 Å². The summed E-state index contributed by atoms with van der Waals surface area (Å²) >= 11 is 0. The largest absolute Gasteiger partial charge is 0.496 e. The highest BCUT2D eigenvalue weighted by Gasteiger charge is 2.22. The summed E-state index contributed by atoms with van der Waals surface area (Å²) in [6.07, 6.45) is 1.65. The van der Waals surface area contributed by atoms with E-state index in [1.807, 2.05) is 36.4 Å². The highest BCUT2D eigenvalue weighted by atomic mass is 16.5. The number of methoxy groups -OCH3 is 1. The molecule has 6 heteroatoms. The number of para-hydroxylation sites is 1. The number of carbonyl (C=O) groups excluding carboxylic acids is 2. The minimum absolute atomic E-state index is 0.164. The zero-order valence-electron chi connectivity index (χ0n) is 21.4. The molecule has 2 amide bonds. The molecule has 0 fully saturated rings. The van der Waals surface area contributed by atoms with Crippen LogP contribution in [0.1, 0.15) is 37.4 Å². The third-order valence-electron chi connectivity index (χ3n) is 6.86. The molecule has 5 rings (SSSR count). The van der Waals surface area contributed by atoms with Gasteiger partial charge < -0.3 is 20.3 Å². The van der Waals surface area contributed by atoms with Crippen LogP contribution in [-0.2, 0) is 19.4 Å². The Labute approximate surface area is 223 Å². The number of rotatable bonds is 8. The molecule has 0 aliphatic carbocycles. The fourth-order valence-electron chi connectivity index (χ4n) is 4.86. The maximum atomic E-state index is 13.5. The van der Waals surface area contributed by atoms with E-state index in [0.717, 1.165) is 31.6 Å². The molecule has 1 heterocycles. The van der Waals surface area contributed by atoms with E-state index in [1.165, 1.54) is 23.8 Å². The molecule has 0 aromatic heterocycles. The minimum atomic E-state index is -0.294. The quantitative estimate of drug-likeness (QED) is 0.333. The fraction of sp³-hybridized carbons (Fsp3) is 0.188. The van der Waals surface area contributed by atoms with Gasteiger partial charge in [0.2, 0.25) is 0 Å². The van der Waals surface area contributed by atoms with Gasteiger partial charge in [-0.25, -0.2) is 0 Å². The van der Waals surface area contributed by atoms with Crippen molar-refractivity contribution in [3.05, 3.63) is 125 Å². The average molecular weight is 506 g/mol. The van der Waals surface area contributed by atoms with Crippen molar-refractivity contribution in [1.82, 2.24) is 5.32 Å². The van der Waals surface area contributed by atoms with Gasteiger partial charge in [0.05, 0.1) is 18.2 Å². The van der Waals surface area contributed by atoms with Gasteiger partial charge in [-0.05, 0) is 59.9 Å². The van der Waals surface area contributed by atoms with E-state index >= 15 is 0 Å². The normalized spacial score (nSPS) is 12.4. The molecule has 192 valence electrons. The number of nitrogens with one attached hydrogen (secondary N) is 2. The van der Waals surface area contributed by atoms with Crippen molar-refractivity contribution >= 4 is 23.2 Å². The van der Waals surface area contributed by atoms with Gasteiger partial charge in [-0.15, -0.1) is 0 Å². The van der Waals surface area contributed by atoms with Crippen molar-refractivity contribution in [2.45, 2.75) is 19.4 Å². The summed E-state index contributed by atoms with van der Waals surface area (Å²) in [5.74, 6) is 0.0354. The molecular weight excluding hydrogens is 474 g/mol. The maximum absolute atomic E-state index is 13.5. The molecule has 0 radical (unpaired) electrons. The Morgan fingerprint density at radius 3 is 2.37 bits per heavy atom. The molecule has 0 spiro atoms. The van der Waals surface area contributed by atoms with Crippen LogP contribution < -0.4 is 20.3 Å². The number of amides is 2. The molecule has 4 aromatic rings. The van der Waals surface area contributed by atoms with Gasteiger partial charge in [0.25, 0.3) is 11.8 Å². The molecule has 4 aromatic carbocycles. The molecular formula is C32H31N3O3. The average Bonchev–Trinajstić information content (AvgIpc) is 2.97. The predicted molar refractivity (Wildman–Crippen MR) is 151 cm³/mol. The summed E-state index contributed by atoms with van der Waals surface area (Å²) in [5, 5.41) is 6.02. The van der Waals surface area contributed by atoms with Crippen LogP contribution in [0.15, 0.2) is 97.1 Å². The molecule has 0 atom stereocenters. The minimum Gasteiger partial charge on any atom is -0.496 e. The third kappa shape index (κ3) is 5.70. The fourth-order valence-corrected chi connectivity index (χ4v) is 4.86. The second kappa shape index (κ2) is 11.6. The molecule has 0 saturated carbocycles. The van der Waals surface area contributed by atoms with Gasteiger partial charge in [0.15, 0.2) is 0 Å². The summed E-state index contributed by atoms with van der Waals surface area (Å²) in [4.78, 5) is 28.7. The van der Waals surface area contributed by atoms with Crippen LogP contribution in [0.25, 0.3) is 0 Å². The number of fused-ring (bicyclic) bond motifs is 1. The monoisotopic (exact) mass is 505 g/mol.